The minimum absolute atomic E-state index is 0.0189. The van der Waals surface area contributed by atoms with Crippen LogP contribution in [0.5, 0.6) is 5.75 Å². The predicted octanol–water partition coefficient (Wildman–Crippen LogP) is 4.05. The lowest BCUT2D eigenvalue weighted by molar-refractivity contribution is 0.0697. The van der Waals surface area contributed by atoms with Crippen molar-refractivity contribution in [2.45, 2.75) is 4.90 Å². The van der Waals surface area contributed by atoms with Crippen molar-refractivity contribution in [1.82, 2.24) is 9.78 Å². The van der Waals surface area contributed by atoms with Crippen LogP contribution in [0.1, 0.15) is 10.4 Å². The summed E-state index contributed by atoms with van der Waals surface area (Å²) < 4.78 is 34.5. The second kappa shape index (κ2) is 8.56. The number of carboxylic acid groups (broad SMARTS) is 1. The van der Waals surface area contributed by atoms with Gasteiger partial charge >= 0.3 is 5.97 Å². The molecule has 8 nitrogen and oxygen atoms in total. The first-order valence-electron chi connectivity index (χ1n) is 9.53. The molecule has 2 N–H and O–H groups in total. The Morgan fingerprint density at radius 2 is 1.72 bits per heavy atom. The van der Waals surface area contributed by atoms with Crippen LogP contribution in [-0.2, 0) is 10.0 Å². The Labute approximate surface area is 184 Å². The molecule has 0 aliphatic rings. The smallest absolute Gasteiger partial charge is 0.339 e. The average Bonchev–Trinajstić information content (AvgIpc) is 3.25. The molecular formula is C23H19N3O5S. The molecule has 9 heteroatoms. The van der Waals surface area contributed by atoms with E-state index in [9.17, 15) is 18.3 Å². The number of carboxylic acids is 1. The van der Waals surface area contributed by atoms with E-state index >= 15 is 0 Å². The molecule has 0 saturated heterocycles. The molecule has 0 aliphatic carbocycles. The van der Waals surface area contributed by atoms with Gasteiger partial charge in [-0.15, -0.1) is 0 Å². The van der Waals surface area contributed by atoms with Gasteiger partial charge in [0.05, 0.1) is 35.3 Å². The number of aromatic nitrogens is 2. The first-order valence-corrected chi connectivity index (χ1v) is 11.0. The zero-order chi connectivity index (χ0) is 22.7. The van der Waals surface area contributed by atoms with Gasteiger partial charge in [0.15, 0.2) is 0 Å². The van der Waals surface area contributed by atoms with Crippen LogP contribution in [0.25, 0.3) is 16.9 Å². The third-order valence-corrected chi connectivity index (χ3v) is 6.16. The standard InChI is InChI=1S/C23H19N3O5S/c1-31-19-12-10-16(11-13-19)22-21(23(27)28)15-24-26(22)18-7-5-6-17(14-18)25-32(29,30)20-8-3-2-4-9-20/h2-15,25H,1H3,(H,27,28). The fourth-order valence-corrected chi connectivity index (χ4v) is 4.31. The molecule has 4 aromatic rings. The average molecular weight is 449 g/mol. The zero-order valence-corrected chi connectivity index (χ0v) is 17.8. The van der Waals surface area contributed by atoms with Gasteiger partial charge in [-0.3, -0.25) is 4.72 Å². The Balaban J connectivity index is 1.75. The SMILES string of the molecule is COc1ccc(-c2c(C(=O)O)cnn2-c2cccc(NS(=O)(=O)c3ccccc3)c2)cc1. The molecule has 0 amide bonds. The Morgan fingerprint density at radius 1 is 1.00 bits per heavy atom. The van der Waals surface area contributed by atoms with E-state index in [0.717, 1.165) is 0 Å². The molecule has 1 heterocycles. The van der Waals surface area contributed by atoms with Gasteiger partial charge in [0.25, 0.3) is 10.0 Å². The summed E-state index contributed by atoms with van der Waals surface area (Å²) in [5, 5.41) is 13.9. The molecule has 0 unspecified atom stereocenters. The molecular weight excluding hydrogens is 430 g/mol. The van der Waals surface area contributed by atoms with Crippen LogP contribution in [0, 0.1) is 0 Å². The highest BCUT2D eigenvalue weighted by molar-refractivity contribution is 7.92. The molecule has 0 radical (unpaired) electrons. The molecule has 4 rings (SSSR count). The minimum atomic E-state index is -3.78. The number of aromatic carboxylic acids is 1. The van der Waals surface area contributed by atoms with Gasteiger partial charge in [-0.25, -0.2) is 17.9 Å². The Morgan fingerprint density at radius 3 is 2.38 bits per heavy atom. The molecule has 0 aliphatic heterocycles. The van der Waals surface area contributed by atoms with E-state index in [1.165, 1.54) is 23.0 Å². The van der Waals surface area contributed by atoms with Gasteiger partial charge < -0.3 is 9.84 Å². The molecule has 0 spiro atoms. The first kappa shape index (κ1) is 21.1. The van der Waals surface area contributed by atoms with E-state index in [0.29, 0.717) is 28.4 Å². The van der Waals surface area contributed by atoms with Gasteiger partial charge in [0.1, 0.15) is 11.3 Å². The van der Waals surface area contributed by atoms with Gasteiger partial charge in [-0.2, -0.15) is 5.10 Å². The number of ether oxygens (including phenoxy) is 1. The molecule has 0 fully saturated rings. The largest absolute Gasteiger partial charge is 0.497 e. The van der Waals surface area contributed by atoms with E-state index in [2.05, 4.69) is 9.82 Å². The molecule has 1 aromatic heterocycles. The van der Waals surface area contributed by atoms with E-state index in [1.54, 1.807) is 73.8 Å². The number of hydrogen-bond donors (Lipinski definition) is 2. The number of sulfonamides is 1. The van der Waals surface area contributed by atoms with Crippen LogP contribution < -0.4 is 9.46 Å². The Kier molecular flexibility index (Phi) is 5.65. The molecule has 32 heavy (non-hydrogen) atoms. The third kappa shape index (κ3) is 4.19. The third-order valence-electron chi connectivity index (χ3n) is 4.76. The highest BCUT2D eigenvalue weighted by atomic mass is 32.2. The van der Waals surface area contributed by atoms with Crippen LogP contribution in [0.3, 0.4) is 0 Å². The van der Waals surface area contributed by atoms with Crippen LogP contribution in [0.15, 0.2) is 90.0 Å². The second-order valence-electron chi connectivity index (χ2n) is 6.82. The van der Waals surface area contributed by atoms with Gasteiger partial charge in [0.2, 0.25) is 0 Å². The van der Waals surface area contributed by atoms with Crippen LogP contribution in [-0.4, -0.2) is 36.4 Å². The summed E-state index contributed by atoms with van der Waals surface area (Å²) in [5.41, 5.74) is 1.82. The predicted molar refractivity (Wildman–Crippen MR) is 120 cm³/mol. The van der Waals surface area contributed by atoms with Crippen molar-refractivity contribution < 1.29 is 23.1 Å². The lowest BCUT2D eigenvalue weighted by Crippen LogP contribution is -2.13. The van der Waals surface area contributed by atoms with E-state index in [1.807, 2.05) is 0 Å². The number of methoxy groups -OCH3 is 1. The number of nitrogens with zero attached hydrogens (tertiary/aromatic N) is 2. The van der Waals surface area contributed by atoms with Crippen molar-refractivity contribution in [3.63, 3.8) is 0 Å². The number of rotatable bonds is 7. The number of anilines is 1. The lowest BCUT2D eigenvalue weighted by atomic mass is 10.1. The molecule has 162 valence electrons. The fourth-order valence-electron chi connectivity index (χ4n) is 3.24. The zero-order valence-electron chi connectivity index (χ0n) is 17.0. The summed E-state index contributed by atoms with van der Waals surface area (Å²) in [6, 6.07) is 21.5. The summed E-state index contributed by atoms with van der Waals surface area (Å²) in [6.07, 6.45) is 1.27. The lowest BCUT2D eigenvalue weighted by Gasteiger charge is -2.12. The Bertz CT molecular complexity index is 1360. The minimum Gasteiger partial charge on any atom is -0.497 e. The van der Waals surface area contributed by atoms with Crippen molar-refractivity contribution in [3.05, 3.63) is 90.6 Å². The van der Waals surface area contributed by atoms with E-state index < -0.39 is 16.0 Å². The number of hydrogen-bond acceptors (Lipinski definition) is 5. The van der Waals surface area contributed by atoms with Gasteiger partial charge in [-0.05, 0) is 54.6 Å². The maximum absolute atomic E-state index is 12.7. The van der Waals surface area contributed by atoms with Crippen molar-refractivity contribution in [1.29, 1.82) is 0 Å². The second-order valence-corrected chi connectivity index (χ2v) is 8.50. The normalized spacial score (nSPS) is 11.2. The monoisotopic (exact) mass is 449 g/mol. The van der Waals surface area contributed by atoms with Crippen molar-refractivity contribution >= 4 is 21.7 Å². The Hall–Kier alpha value is -4.11. The van der Waals surface area contributed by atoms with Gasteiger partial charge in [0, 0.05) is 5.56 Å². The van der Waals surface area contributed by atoms with E-state index in [4.69, 9.17) is 4.74 Å². The topological polar surface area (TPSA) is 111 Å². The van der Waals surface area contributed by atoms with Crippen LogP contribution in [0.4, 0.5) is 5.69 Å². The summed E-state index contributed by atoms with van der Waals surface area (Å²) in [5.74, 6) is -0.489. The van der Waals surface area contributed by atoms with Gasteiger partial charge in [-0.1, -0.05) is 24.3 Å². The van der Waals surface area contributed by atoms with Crippen molar-refractivity contribution in [2.24, 2.45) is 0 Å². The highest BCUT2D eigenvalue weighted by Crippen LogP contribution is 2.29. The summed E-state index contributed by atoms with van der Waals surface area (Å²) in [6.45, 7) is 0. The van der Waals surface area contributed by atoms with Crippen LogP contribution in [0.2, 0.25) is 0 Å². The molecule has 3 aromatic carbocycles. The molecule has 0 saturated carbocycles. The molecule has 0 bridgehead atoms. The number of benzene rings is 3. The summed E-state index contributed by atoms with van der Waals surface area (Å²) >= 11 is 0. The summed E-state index contributed by atoms with van der Waals surface area (Å²) in [7, 11) is -2.23. The molecule has 0 atom stereocenters. The van der Waals surface area contributed by atoms with Crippen molar-refractivity contribution in [2.75, 3.05) is 11.8 Å². The number of nitrogens with one attached hydrogen (secondary N) is 1. The van der Waals surface area contributed by atoms with Crippen molar-refractivity contribution in [3.8, 4) is 22.7 Å². The maximum Gasteiger partial charge on any atom is 0.339 e. The maximum atomic E-state index is 12.7. The highest BCUT2D eigenvalue weighted by Gasteiger charge is 2.20. The number of carbonyl (C=O) groups is 1. The first-order chi connectivity index (χ1) is 15.4. The quantitative estimate of drug-likeness (QED) is 0.440. The van der Waals surface area contributed by atoms with E-state index in [-0.39, 0.29) is 10.5 Å². The van der Waals surface area contributed by atoms with Crippen LogP contribution >= 0.6 is 0 Å². The summed E-state index contributed by atoms with van der Waals surface area (Å²) in [4.78, 5) is 11.9. The fraction of sp³-hybridized carbons (Fsp3) is 0.0435.